The molecule has 8 heteroatoms. The number of rotatable bonds is 4. The van der Waals surface area contributed by atoms with E-state index in [0.29, 0.717) is 44.4 Å². The van der Waals surface area contributed by atoms with Crippen LogP contribution in [0.3, 0.4) is 0 Å². The Hall–Kier alpha value is -1.80. The van der Waals surface area contributed by atoms with E-state index in [4.69, 9.17) is 15.2 Å². The Balaban J connectivity index is 1.56. The second-order valence-electron chi connectivity index (χ2n) is 7.93. The summed E-state index contributed by atoms with van der Waals surface area (Å²) in [6.07, 6.45) is -0.435. The van der Waals surface area contributed by atoms with E-state index in [2.05, 4.69) is 0 Å². The van der Waals surface area contributed by atoms with Crippen molar-refractivity contribution in [2.45, 2.75) is 68.8 Å². The number of piperidine rings is 1. The predicted octanol–water partition coefficient (Wildman–Crippen LogP) is 4.31. The zero-order valence-electron chi connectivity index (χ0n) is 16.7. The topological polar surface area (TPSA) is 64.8 Å². The van der Waals surface area contributed by atoms with Crippen molar-refractivity contribution in [2.75, 3.05) is 20.3 Å². The van der Waals surface area contributed by atoms with Gasteiger partial charge in [-0.25, -0.2) is 4.79 Å². The van der Waals surface area contributed by atoms with Gasteiger partial charge in [0.1, 0.15) is 0 Å². The summed E-state index contributed by atoms with van der Waals surface area (Å²) in [7, 11) is 1.35. The zero-order chi connectivity index (χ0) is 21.0. The number of carbonyl (C=O) groups excluding carboxylic acids is 1. The standard InChI is InChI=1S/C21H29F3N2O3/c1-28-20(27)26-12-4-7-18(25)19(26)13-29-15-10-8-14(9-11-15)16-5-2-3-6-17(16)21(22,23)24/h2-3,5-6,14-15,18-19H,4,7-13,25H2,1H3/t14?,15?,18?,19-/m0/s1. The maximum atomic E-state index is 13.3. The Morgan fingerprint density at radius 2 is 1.86 bits per heavy atom. The molecule has 2 atom stereocenters. The molecule has 1 aromatic carbocycles. The number of alkyl halides is 3. The van der Waals surface area contributed by atoms with Crippen LogP contribution in [0.2, 0.25) is 0 Å². The number of ether oxygens (including phenoxy) is 2. The van der Waals surface area contributed by atoms with Gasteiger partial charge in [0.15, 0.2) is 0 Å². The second-order valence-corrected chi connectivity index (χ2v) is 7.93. The maximum Gasteiger partial charge on any atom is 0.416 e. The number of halogens is 3. The monoisotopic (exact) mass is 414 g/mol. The fourth-order valence-electron chi connectivity index (χ4n) is 4.53. The number of hydrogen-bond acceptors (Lipinski definition) is 4. The van der Waals surface area contributed by atoms with E-state index in [9.17, 15) is 18.0 Å². The number of nitrogens with two attached hydrogens (primary N) is 1. The summed E-state index contributed by atoms with van der Waals surface area (Å²) in [6.45, 7) is 0.917. The molecule has 1 saturated carbocycles. The van der Waals surface area contributed by atoms with Crippen LogP contribution >= 0.6 is 0 Å². The van der Waals surface area contributed by atoms with Gasteiger partial charge in [0.2, 0.25) is 0 Å². The van der Waals surface area contributed by atoms with E-state index >= 15 is 0 Å². The van der Waals surface area contributed by atoms with Gasteiger partial charge in [-0.2, -0.15) is 13.2 Å². The molecule has 2 aliphatic rings. The van der Waals surface area contributed by atoms with E-state index in [0.717, 1.165) is 18.9 Å². The average molecular weight is 414 g/mol. The fraction of sp³-hybridized carbons (Fsp3) is 0.667. The van der Waals surface area contributed by atoms with Crippen LogP contribution in [0.4, 0.5) is 18.0 Å². The van der Waals surface area contributed by atoms with Crippen molar-refractivity contribution < 1.29 is 27.4 Å². The first kappa shape index (κ1) is 21.9. The molecule has 29 heavy (non-hydrogen) atoms. The molecule has 1 unspecified atom stereocenters. The fourth-order valence-corrected chi connectivity index (χ4v) is 4.53. The van der Waals surface area contributed by atoms with Crippen LogP contribution in [0.1, 0.15) is 55.6 Å². The first-order valence-electron chi connectivity index (χ1n) is 10.2. The normalized spacial score (nSPS) is 28.2. The van der Waals surface area contributed by atoms with Crippen LogP contribution < -0.4 is 5.73 Å². The molecule has 1 aliphatic heterocycles. The van der Waals surface area contributed by atoms with E-state index in [1.54, 1.807) is 17.0 Å². The minimum atomic E-state index is -4.33. The average Bonchev–Trinajstić information content (AvgIpc) is 2.72. The van der Waals surface area contributed by atoms with Crippen molar-refractivity contribution in [3.05, 3.63) is 35.4 Å². The largest absolute Gasteiger partial charge is 0.453 e. The molecule has 0 radical (unpaired) electrons. The summed E-state index contributed by atoms with van der Waals surface area (Å²) >= 11 is 0. The van der Waals surface area contributed by atoms with Crippen molar-refractivity contribution in [3.8, 4) is 0 Å². The van der Waals surface area contributed by atoms with Crippen molar-refractivity contribution in [1.82, 2.24) is 4.90 Å². The minimum absolute atomic E-state index is 0.0297. The van der Waals surface area contributed by atoms with Gasteiger partial charge < -0.3 is 20.1 Å². The van der Waals surface area contributed by atoms with Gasteiger partial charge in [-0.3, -0.25) is 0 Å². The van der Waals surface area contributed by atoms with E-state index in [1.165, 1.54) is 13.2 Å². The van der Waals surface area contributed by atoms with Crippen LogP contribution in [0.15, 0.2) is 24.3 Å². The number of hydrogen-bond donors (Lipinski definition) is 1. The lowest BCUT2D eigenvalue weighted by Gasteiger charge is -2.39. The molecule has 0 aromatic heterocycles. The van der Waals surface area contributed by atoms with Gasteiger partial charge in [0.05, 0.1) is 31.4 Å². The molecule has 1 amide bonds. The summed E-state index contributed by atoms with van der Waals surface area (Å²) in [5.74, 6) is -0.115. The highest BCUT2D eigenvalue weighted by atomic mass is 19.4. The summed E-state index contributed by atoms with van der Waals surface area (Å²) in [6, 6.07) is 5.44. The molecule has 0 spiro atoms. The van der Waals surface area contributed by atoms with Crippen molar-refractivity contribution in [1.29, 1.82) is 0 Å². The van der Waals surface area contributed by atoms with Gasteiger partial charge in [0, 0.05) is 12.6 Å². The molecule has 2 N–H and O–H groups in total. The van der Waals surface area contributed by atoms with Gasteiger partial charge >= 0.3 is 12.3 Å². The Bertz CT molecular complexity index is 690. The summed E-state index contributed by atoms with van der Waals surface area (Å²) in [5.41, 5.74) is 6.04. The lowest BCUT2D eigenvalue weighted by atomic mass is 9.81. The highest BCUT2D eigenvalue weighted by molar-refractivity contribution is 5.68. The lowest BCUT2D eigenvalue weighted by Crippen LogP contribution is -2.56. The lowest BCUT2D eigenvalue weighted by molar-refractivity contribution is -0.138. The number of carbonyl (C=O) groups is 1. The molecule has 3 rings (SSSR count). The molecule has 1 heterocycles. The zero-order valence-corrected chi connectivity index (χ0v) is 16.7. The van der Waals surface area contributed by atoms with Crippen LogP contribution in [0, 0.1) is 0 Å². The van der Waals surface area contributed by atoms with E-state index in [-0.39, 0.29) is 24.1 Å². The summed E-state index contributed by atoms with van der Waals surface area (Å²) < 4.78 is 50.8. The minimum Gasteiger partial charge on any atom is -0.453 e. The highest BCUT2D eigenvalue weighted by Crippen LogP contribution is 2.41. The smallest absolute Gasteiger partial charge is 0.416 e. The van der Waals surface area contributed by atoms with Gasteiger partial charge in [-0.1, -0.05) is 18.2 Å². The molecule has 5 nitrogen and oxygen atoms in total. The second kappa shape index (κ2) is 9.34. The third-order valence-electron chi connectivity index (χ3n) is 6.12. The Labute approximate surface area is 169 Å². The van der Waals surface area contributed by atoms with Crippen molar-refractivity contribution in [2.24, 2.45) is 5.73 Å². The summed E-state index contributed by atoms with van der Waals surface area (Å²) in [4.78, 5) is 13.6. The van der Waals surface area contributed by atoms with Crippen LogP contribution in [-0.4, -0.2) is 49.4 Å². The Morgan fingerprint density at radius 3 is 2.52 bits per heavy atom. The van der Waals surface area contributed by atoms with E-state index in [1.807, 2.05) is 0 Å². The van der Waals surface area contributed by atoms with E-state index < -0.39 is 17.8 Å². The first-order chi connectivity index (χ1) is 13.8. The number of benzene rings is 1. The molecular weight excluding hydrogens is 385 g/mol. The third-order valence-corrected chi connectivity index (χ3v) is 6.12. The maximum absolute atomic E-state index is 13.3. The Morgan fingerprint density at radius 1 is 1.17 bits per heavy atom. The number of amides is 1. The third kappa shape index (κ3) is 5.22. The number of methoxy groups -OCH3 is 1. The number of likely N-dealkylation sites (tertiary alicyclic amines) is 1. The van der Waals surface area contributed by atoms with Crippen LogP contribution in [0.5, 0.6) is 0 Å². The molecular formula is C21H29F3N2O3. The first-order valence-corrected chi connectivity index (χ1v) is 10.2. The quantitative estimate of drug-likeness (QED) is 0.798. The van der Waals surface area contributed by atoms with Crippen molar-refractivity contribution >= 4 is 6.09 Å². The van der Waals surface area contributed by atoms with Gasteiger partial charge in [0.25, 0.3) is 0 Å². The van der Waals surface area contributed by atoms with Gasteiger partial charge in [-0.15, -0.1) is 0 Å². The van der Waals surface area contributed by atoms with Crippen molar-refractivity contribution in [3.63, 3.8) is 0 Å². The SMILES string of the molecule is COC(=O)N1CCCC(N)[C@@H]1COC1CCC(c2ccccc2C(F)(F)F)CC1. The number of nitrogens with zero attached hydrogens (tertiary/aromatic N) is 1. The highest BCUT2D eigenvalue weighted by Gasteiger charge is 2.37. The van der Waals surface area contributed by atoms with Gasteiger partial charge in [-0.05, 0) is 56.1 Å². The molecule has 1 aromatic rings. The summed E-state index contributed by atoms with van der Waals surface area (Å²) in [5, 5.41) is 0. The van der Waals surface area contributed by atoms with Crippen LogP contribution in [-0.2, 0) is 15.7 Å². The predicted molar refractivity (Wildman–Crippen MR) is 103 cm³/mol. The molecule has 0 bridgehead atoms. The molecule has 162 valence electrons. The molecule has 1 saturated heterocycles. The Kier molecular flexibility index (Phi) is 7.05. The molecule has 2 fully saturated rings. The molecule has 1 aliphatic carbocycles. The van der Waals surface area contributed by atoms with Crippen LogP contribution in [0.25, 0.3) is 0 Å².